The van der Waals surface area contributed by atoms with E-state index in [1.165, 1.54) is 11.3 Å². The summed E-state index contributed by atoms with van der Waals surface area (Å²) in [5, 5.41) is 9.34. The van der Waals surface area contributed by atoms with Crippen LogP contribution in [-0.4, -0.2) is 24.8 Å². The van der Waals surface area contributed by atoms with Crippen LogP contribution in [0.5, 0.6) is 0 Å². The van der Waals surface area contributed by atoms with Gasteiger partial charge in [0.05, 0.1) is 6.10 Å². The Morgan fingerprint density at radius 1 is 1.50 bits per heavy atom. The minimum atomic E-state index is -0.0844. The van der Waals surface area contributed by atoms with Gasteiger partial charge in [0.1, 0.15) is 0 Å². The summed E-state index contributed by atoms with van der Waals surface area (Å²) in [4.78, 5) is 2.25. The zero-order valence-corrected chi connectivity index (χ0v) is 12.5. The molecule has 1 atom stereocenters. The van der Waals surface area contributed by atoms with E-state index in [0.717, 1.165) is 23.9 Å². The minimum absolute atomic E-state index is 0.0301. The van der Waals surface area contributed by atoms with Crippen LogP contribution >= 0.6 is 15.9 Å². The molecule has 18 heavy (non-hydrogen) atoms. The van der Waals surface area contributed by atoms with E-state index in [4.69, 9.17) is 5.73 Å². The topological polar surface area (TPSA) is 49.5 Å². The number of hydrogen-bond donors (Lipinski definition) is 2. The Labute approximate surface area is 117 Å². The maximum Gasteiger partial charge on any atom is 0.0546 e. The van der Waals surface area contributed by atoms with Crippen molar-refractivity contribution in [2.75, 3.05) is 18.5 Å². The fraction of sp³-hybridized carbons (Fsp3) is 0.571. The molecular formula is C14H21BrN2O. The van der Waals surface area contributed by atoms with Gasteiger partial charge in [-0.05, 0) is 43.4 Å². The quantitative estimate of drug-likeness (QED) is 0.898. The van der Waals surface area contributed by atoms with Gasteiger partial charge in [0, 0.05) is 29.8 Å². The molecule has 1 fully saturated rings. The summed E-state index contributed by atoms with van der Waals surface area (Å²) < 4.78 is 1.07. The van der Waals surface area contributed by atoms with E-state index in [1.807, 2.05) is 13.0 Å². The summed E-state index contributed by atoms with van der Waals surface area (Å²) in [6.07, 6.45) is 1.76. The van der Waals surface area contributed by atoms with Crippen molar-refractivity contribution in [3.05, 3.63) is 28.2 Å². The number of aliphatic hydroxyl groups excluding tert-OH is 1. The first-order valence-electron chi connectivity index (χ1n) is 6.41. The molecule has 0 radical (unpaired) electrons. The van der Waals surface area contributed by atoms with Gasteiger partial charge in [0.15, 0.2) is 0 Å². The number of nitrogens with two attached hydrogens (primary N) is 1. The second-order valence-corrected chi connectivity index (χ2v) is 6.28. The van der Waals surface area contributed by atoms with Gasteiger partial charge in [-0.2, -0.15) is 0 Å². The van der Waals surface area contributed by atoms with Crippen LogP contribution in [0.15, 0.2) is 22.7 Å². The molecule has 3 nitrogen and oxygen atoms in total. The maximum absolute atomic E-state index is 9.34. The molecule has 100 valence electrons. The number of rotatable bonds is 4. The molecule has 1 aliphatic rings. The van der Waals surface area contributed by atoms with Crippen molar-refractivity contribution in [3.8, 4) is 0 Å². The molecule has 1 unspecified atom stereocenters. The van der Waals surface area contributed by atoms with Crippen LogP contribution < -0.4 is 10.6 Å². The fourth-order valence-corrected chi connectivity index (χ4v) is 2.92. The number of benzene rings is 1. The molecule has 0 amide bonds. The average molecular weight is 313 g/mol. The molecule has 2 rings (SSSR count). The summed E-state index contributed by atoms with van der Waals surface area (Å²) >= 11 is 3.51. The lowest BCUT2D eigenvalue weighted by Gasteiger charge is -2.36. The van der Waals surface area contributed by atoms with Gasteiger partial charge in [-0.15, -0.1) is 0 Å². The van der Waals surface area contributed by atoms with Crippen LogP contribution in [0.2, 0.25) is 0 Å². The molecule has 1 aromatic rings. The zero-order chi connectivity index (χ0) is 13.3. The predicted molar refractivity (Wildman–Crippen MR) is 78.7 cm³/mol. The third-order valence-electron chi connectivity index (χ3n) is 3.64. The van der Waals surface area contributed by atoms with E-state index in [2.05, 4.69) is 40.0 Å². The van der Waals surface area contributed by atoms with Gasteiger partial charge >= 0.3 is 0 Å². The number of hydrogen-bond acceptors (Lipinski definition) is 3. The lowest BCUT2D eigenvalue weighted by molar-refractivity contribution is 0.0464. The van der Waals surface area contributed by atoms with Gasteiger partial charge in [0.25, 0.3) is 0 Å². The van der Waals surface area contributed by atoms with Crippen LogP contribution in [-0.2, 0) is 0 Å². The highest BCUT2D eigenvalue weighted by Crippen LogP contribution is 2.32. The first-order chi connectivity index (χ1) is 8.47. The summed E-state index contributed by atoms with van der Waals surface area (Å²) in [6.45, 7) is 2.99. The minimum Gasteiger partial charge on any atom is -0.393 e. The number of halogens is 1. The van der Waals surface area contributed by atoms with Crippen LogP contribution in [0.25, 0.3) is 0 Å². The van der Waals surface area contributed by atoms with Crippen molar-refractivity contribution in [1.82, 2.24) is 0 Å². The first-order valence-corrected chi connectivity index (χ1v) is 7.21. The zero-order valence-electron chi connectivity index (χ0n) is 10.9. The fourth-order valence-electron chi connectivity index (χ4n) is 2.57. The Morgan fingerprint density at radius 2 is 2.17 bits per heavy atom. The maximum atomic E-state index is 9.34. The van der Waals surface area contributed by atoms with Gasteiger partial charge in [0.2, 0.25) is 0 Å². The molecule has 0 aliphatic heterocycles. The van der Waals surface area contributed by atoms with E-state index >= 15 is 0 Å². The van der Waals surface area contributed by atoms with E-state index in [1.54, 1.807) is 0 Å². The summed E-state index contributed by atoms with van der Waals surface area (Å²) in [6, 6.07) is 6.26. The van der Waals surface area contributed by atoms with Crippen molar-refractivity contribution in [2.45, 2.75) is 31.9 Å². The van der Waals surface area contributed by atoms with Crippen molar-refractivity contribution < 1.29 is 5.11 Å². The summed E-state index contributed by atoms with van der Waals surface area (Å²) in [5.74, 6) is 0.602. The predicted octanol–water partition coefficient (Wildman–Crippen LogP) is 2.68. The molecule has 1 aliphatic carbocycles. The van der Waals surface area contributed by atoms with Crippen LogP contribution in [0.1, 0.15) is 31.4 Å². The van der Waals surface area contributed by atoms with E-state index < -0.39 is 0 Å². The number of anilines is 1. The lowest BCUT2D eigenvalue weighted by Crippen LogP contribution is -2.37. The highest BCUT2D eigenvalue weighted by Gasteiger charge is 2.28. The standard InChI is InChI=1S/C14H21BrN2O/c1-9(16)13-4-3-11(15)7-14(13)17(2)8-10-5-12(18)6-10/h3-4,7,9-10,12,18H,5-6,8,16H2,1-2H3. The second-order valence-electron chi connectivity index (χ2n) is 5.36. The summed E-state index contributed by atoms with van der Waals surface area (Å²) in [7, 11) is 2.10. The average Bonchev–Trinajstić information content (AvgIpc) is 2.26. The first kappa shape index (κ1) is 13.8. The molecule has 0 aromatic heterocycles. The molecule has 0 heterocycles. The second kappa shape index (κ2) is 5.59. The SMILES string of the molecule is CC(N)c1ccc(Br)cc1N(C)CC1CC(O)C1. The van der Waals surface area contributed by atoms with E-state index in [9.17, 15) is 5.11 Å². The van der Waals surface area contributed by atoms with E-state index in [0.29, 0.717) is 5.92 Å². The van der Waals surface area contributed by atoms with Crippen molar-refractivity contribution in [3.63, 3.8) is 0 Å². The highest BCUT2D eigenvalue weighted by atomic mass is 79.9. The highest BCUT2D eigenvalue weighted by molar-refractivity contribution is 9.10. The Balaban J connectivity index is 2.12. The monoisotopic (exact) mass is 312 g/mol. The smallest absolute Gasteiger partial charge is 0.0546 e. The van der Waals surface area contributed by atoms with E-state index in [-0.39, 0.29) is 12.1 Å². The van der Waals surface area contributed by atoms with Gasteiger partial charge in [-0.25, -0.2) is 0 Å². The van der Waals surface area contributed by atoms with Gasteiger partial charge in [-0.1, -0.05) is 22.0 Å². The molecule has 1 aromatic carbocycles. The lowest BCUT2D eigenvalue weighted by atomic mass is 9.82. The molecule has 0 spiro atoms. The van der Waals surface area contributed by atoms with Crippen molar-refractivity contribution in [1.29, 1.82) is 0 Å². The normalized spacial score (nSPS) is 24.5. The molecule has 0 bridgehead atoms. The Kier molecular flexibility index (Phi) is 4.30. The number of nitrogens with zero attached hydrogens (tertiary/aromatic N) is 1. The molecular weight excluding hydrogens is 292 g/mol. The Bertz CT molecular complexity index is 416. The Morgan fingerprint density at radius 3 is 2.72 bits per heavy atom. The molecule has 1 saturated carbocycles. The summed E-state index contributed by atoms with van der Waals surface area (Å²) in [5.41, 5.74) is 8.37. The van der Waals surface area contributed by atoms with Gasteiger partial charge < -0.3 is 15.7 Å². The Hall–Kier alpha value is -0.580. The molecule has 4 heteroatoms. The van der Waals surface area contributed by atoms with Crippen molar-refractivity contribution >= 4 is 21.6 Å². The third-order valence-corrected chi connectivity index (χ3v) is 4.13. The largest absolute Gasteiger partial charge is 0.393 e. The van der Waals surface area contributed by atoms with Crippen LogP contribution in [0.3, 0.4) is 0 Å². The molecule has 0 saturated heterocycles. The van der Waals surface area contributed by atoms with Gasteiger partial charge in [-0.3, -0.25) is 0 Å². The van der Waals surface area contributed by atoms with Crippen LogP contribution in [0.4, 0.5) is 5.69 Å². The van der Waals surface area contributed by atoms with Crippen LogP contribution in [0, 0.1) is 5.92 Å². The third kappa shape index (κ3) is 3.05. The molecule has 3 N–H and O–H groups in total. The van der Waals surface area contributed by atoms with Crippen molar-refractivity contribution in [2.24, 2.45) is 11.7 Å². The number of aliphatic hydroxyl groups is 1.